The van der Waals surface area contributed by atoms with Gasteiger partial charge in [0.15, 0.2) is 5.03 Å². The van der Waals surface area contributed by atoms with Gasteiger partial charge in [0.05, 0.1) is 6.20 Å². The van der Waals surface area contributed by atoms with Crippen molar-refractivity contribution in [1.82, 2.24) is 19.8 Å². The molecule has 108 valence electrons. The van der Waals surface area contributed by atoms with E-state index in [1.54, 1.807) is 0 Å². The van der Waals surface area contributed by atoms with Crippen LogP contribution in [0.15, 0.2) is 11.2 Å². The maximum atomic E-state index is 12.3. The van der Waals surface area contributed by atoms with Crippen molar-refractivity contribution < 1.29 is 8.42 Å². The zero-order valence-corrected chi connectivity index (χ0v) is 12.1. The smallest absolute Gasteiger partial charge is 0.258 e. The second kappa shape index (κ2) is 5.58. The highest BCUT2D eigenvalue weighted by atomic mass is 32.2. The molecule has 1 aromatic rings. The van der Waals surface area contributed by atoms with Gasteiger partial charge in [0.1, 0.15) is 0 Å². The first kappa shape index (κ1) is 14.4. The molecular weight excluding hydrogens is 266 g/mol. The van der Waals surface area contributed by atoms with Crippen LogP contribution in [-0.2, 0) is 16.6 Å². The molecular formula is C11H21N5O2S. The molecule has 2 heterocycles. The summed E-state index contributed by atoms with van der Waals surface area (Å²) in [5.41, 5.74) is 6.02. The van der Waals surface area contributed by atoms with Crippen molar-refractivity contribution in [2.75, 3.05) is 20.1 Å². The molecule has 0 saturated carbocycles. The lowest BCUT2D eigenvalue weighted by molar-refractivity contribution is 0.188. The number of aromatic nitrogens is 2. The summed E-state index contributed by atoms with van der Waals surface area (Å²) >= 11 is 0. The fraction of sp³-hybridized carbons (Fsp3) is 0.727. The first-order chi connectivity index (χ1) is 8.94. The SMILES string of the molecule is CC1CN(C)CCC1NS(=O)(=O)c1[nH]ncc1CN. The zero-order valence-electron chi connectivity index (χ0n) is 11.3. The largest absolute Gasteiger partial charge is 0.326 e. The highest BCUT2D eigenvalue weighted by molar-refractivity contribution is 7.89. The molecule has 0 aromatic carbocycles. The first-order valence-corrected chi connectivity index (χ1v) is 7.85. The molecule has 7 nitrogen and oxygen atoms in total. The maximum Gasteiger partial charge on any atom is 0.258 e. The Balaban J connectivity index is 2.14. The van der Waals surface area contributed by atoms with E-state index in [9.17, 15) is 8.42 Å². The molecule has 2 unspecified atom stereocenters. The number of nitrogens with zero attached hydrogens (tertiary/aromatic N) is 2. The van der Waals surface area contributed by atoms with Crippen LogP contribution < -0.4 is 10.5 Å². The monoisotopic (exact) mass is 287 g/mol. The molecule has 1 fully saturated rings. The molecule has 0 spiro atoms. The van der Waals surface area contributed by atoms with E-state index in [-0.39, 0.29) is 23.5 Å². The van der Waals surface area contributed by atoms with Crippen LogP contribution in [-0.4, -0.2) is 49.7 Å². The minimum Gasteiger partial charge on any atom is -0.326 e. The number of hydrogen-bond acceptors (Lipinski definition) is 5. The van der Waals surface area contributed by atoms with Gasteiger partial charge in [0.2, 0.25) is 0 Å². The van der Waals surface area contributed by atoms with E-state index < -0.39 is 10.0 Å². The summed E-state index contributed by atoms with van der Waals surface area (Å²) < 4.78 is 27.4. The van der Waals surface area contributed by atoms with Gasteiger partial charge in [-0.25, -0.2) is 13.1 Å². The third-order valence-corrected chi connectivity index (χ3v) is 5.09. The Morgan fingerprint density at radius 1 is 1.63 bits per heavy atom. The molecule has 4 N–H and O–H groups in total. The topological polar surface area (TPSA) is 104 Å². The lowest BCUT2D eigenvalue weighted by Gasteiger charge is -2.34. The number of nitrogens with one attached hydrogen (secondary N) is 2. The highest BCUT2D eigenvalue weighted by Gasteiger charge is 2.30. The van der Waals surface area contributed by atoms with E-state index in [0.717, 1.165) is 19.5 Å². The van der Waals surface area contributed by atoms with Gasteiger partial charge in [0.25, 0.3) is 10.0 Å². The molecule has 19 heavy (non-hydrogen) atoms. The van der Waals surface area contributed by atoms with Crippen LogP contribution in [0, 0.1) is 5.92 Å². The number of H-pyrrole nitrogens is 1. The summed E-state index contributed by atoms with van der Waals surface area (Å²) in [7, 11) is -1.53. The fourth-order valence-corrected chi connectivity index (χ4v) is 3.99. The van der Waals surface area contributed by atoms with Crippen molar-refractivity contribution in [3.05, 3.63) is 11.8 Å². The van der Waals surface area contributed by atoms with Gasteiger partial charge in [-0.05, 0) is 25.9 Å². The molecule has 2 atom stereocenters. The Morgan fingerprint density at radius 2 is 2.37 bits per heavy atom. The Hall–Kier alpha value is -0.960. The Kier molecular flexibility index (Phi) is 4.24. The van der Waals surface area contributed by atoms with Crippen LogP contribution in [0.2, 0.25) is 0 Å². The van der Waals surface area contributed by atoms with E-state index in [1.165, 1.54) is 6.20 Å². The Morgan fingerprint density at radius 3 is 3.00 bits per heavy atom. The van der Waals surface area contributed by atoms with E-state index in [4.69, 9.17) is 5.73 Å². The van der Waals surface area contributed by atoms with Crippen LogP contribution in [0.5, 0.6) is 0 Å². The van der Waals surface area contributed by atoms with E-state index in [0.29, 0.717) is 5.56 Å². The third-order valence-electron chi connectivity index (χ3n) is 3.58. The quantitative estimate of drug-likeness (QED) is 0.692. The average molecular weight is 287 g/mol. The molecule has 0 radical (unpaired) electrons. The predicted molar refractivity (Wildman–Crippen MR) is 71.9 cm³/mol. The number of sulfonamides is 1. The van der Waals surface area contributed by atoms with Crippen LogP contribution >= 0.6 is 0 Å². The minimum absolute atomic E-state index is 0.0462. The van der Waals surface area contributed by atoms with Gasteiger partial charge in [0, 0.05) is 24.7 Å². The zero-order chi connectivity index (χ0) is 14.0. The van der Waals surface area contributed by atoms with Crippen LogP contribution in [0.25, 0.3) is 0 Å². The van der Waals surface area contributed by atoms with Gasteiger partial charge in [-0.1, -0.05) is 6.92 Å². The summed E-state index contributed by atoms with van der Waals surface area (Å²) in [6.07, 6.45) is 2.26. The van der Waals surface area contributed by atoms with E-state index in [1.807, 2.05) is 7.05 Å². The van der Waals surface area contributed by atoms with Crippen LogP contribution in [0.4, 0.5) is 0 Å². The normalized spacial score (nSPS) is 25.6. The van der Waals surface area contributed by atoms with Gasteiger partial charge in [-0.3, -0.25) is 5.10 Å². The lowest BCUT2D eigenvalue weighted by atomic mass is 9.95. The number of hydrogen-bond donors (Lipinski definition) is 3. The molecule has 1 aromatic heterocycles. The van der Waals surface area contributed by atoms with Gasteiger partial charge in [-0.2, -0.15) is 5.10 Å². The number of piperidine rings is 1. The molecule has 1 aliphatic heterocycles. The molecule has 0 aliphatic carbocycles. The van der Waals surface area contributed by atoms with Crippen LogP contribution in [0.3, 0.4) is 0 Å². The number of rotatable bonds is 4. The second-order valence-corrected chi connectivity index (χ2v) is 6.84. The molecule has 1 saturated heterocycles. The average Bonchev–Trinajstić information content (AvgIpc) is 2.82. The van der Waals surface area contributed by atoms with E-state index in [2.05, 4.69) is 26.7 Å². The molecule has 1 aliphatic rings. The second-order valence-electron chi connectivity index (χ2n) is 5.18. The lowest BCUT2D eigenvalue weighted by Crippen LogP contribution is -2.48. The molecule has 0 amide bonds. The Bertz CT molecular complexity index is 527. The van der Waals surface area contributed by atoms with Crippen molar-refractivity contribution in [2.24, 2.45) is 11.7 Å². The van der Waals surface area contributed by atoms with Gasteiger partial charge < -0.3 is 10.6 Å². The summed E-state index contributed by atoms with van der Waals surface area (Å²) in [6.45, 7) is 3.99. The van der Waals surface area contributed by atoms with Gasteiger partial charge in [-0.15, -0.1) is 0 Å². The molecule has 0 bridgehead atoms. The highest BCUT2D eigenvalue weighted by Crippen LogP contribution is 2.19. The predicted octanol–water partition coefficient (Wildman–Crippen LogP) is -0.513. The van der Waals surface area contributed by atoms with Crippen LogP contribution in [0.1, 0.15) is 18.9 Å². The minimum atomic E-state index is -3.58. The Labute approximate surface area is 113 Å². The van der Waals surface area contributed by atoms with E-state index >= 15 is 0 Å². The summed E-state index contributed by atoms with van der Waals surface area (Å²) in [5, 5.41) is 6.35. The number of likely N-dealkylation sites (tertiary alicyclic amines) is 1. The fourth-order valence-electron chi connectivity index (χ4n) is 2.46. The number of aromatic amines is 1. The molecule has 8 heteroatoms. The maximum absolute atomic E-state index is 12.3. The van der Waals surface area contributed by atoms with Crippen molar-refractivity contribution in [3.8, 4) is 0 Å². The van der Waals surface area contributed by atoms with Crippen molar-refractivity contribution >= 4 is 10.0 Å². The standard InChI is InChI=1S/C11H21N5O2S/c1-8-7-16(2)4-3-10(8)15-19(17,18)11-9(5-12)6-13-14-11/h6,8,10,15H,3-5,7,12H2,1-2H3,(H,13,14). The summed E-state index contributed by atoms with van der Waals surface area (Å²) in [6, 6.07) is -0.0462. The first-order valence-electron chi connectivity index (χ1n) is 6.37. The molecule has 2 rings (SSSR count). The van der Waals surface area contributed by atoms with Gasteiger partial charge >= 0.3 is 0 Å². The van der Waals surface area contributed by atoms with Crippen molar-refractivity contribution in [2.45, 2.75) is 31.0 Å². The summed E-state index contributed by atoms with van der Waals surface area (Å²) in [5.74, 6) is 0.276. The van der Waals surface area contributed by atoms with Crippen molar-refractivity contribution in [3.63, 3.8) is 0 Å². The third kappa shape index (κ3) is 3.14. The van der Waals surface area contributed by atoms with Crippen molar-refractivity contribution in [1.29, 1.82) is 0 Å². The number of nitrogens with two attached hydrogens (primary N) is 1. The summed E-state index contributed by atoms with van der Waals surface area (Å²) in [4.78, 5) is 2.21.